The molecular formula is C16H23N7O. The van der Waals surface area contributed by atoms with E-state index >= 15 is 0 Å². The van der Waals surface area contributed by atoms with Crippen LogP contribution in [0.3, 0.4) is 0 Å². The van der Waals surface area contributed by atoms with Gasteiger partial charge >= 0.3 is 6.03 Å². The normalized spacial score (nSPS) is 22.0. The number of carbonyl (C=O) groups is 1. The van der Waals surface area contributed by atoms with Crippen molar-refractivity contribution in [2.45, 2.75) is 19.0 Å². The molecule has 2 aliphatic rings. The largest absolute Gasteiger partial charge is 0.336 e. The number of hydrogen-bond acceptors (Lipinski definition) is 4. The van der Waals surface area contributed by atoms with E-state index in [2.05, 4.69) is 19.5 Å². The van der Waals surface area contributed by atoms with Gasteiger partial charge in [-0.2, -0.15) is 5.10 Å². The third kappa shape index (κ3) is 2.89. The highest BCUT2D eigenvalue weighted by atomic mass is 16.2. The predicted octanol–water partition coefficient (Wildman–Crippen LogP) is 0.898. The van der Waals surface area contributed by atoms with E-state index < -0.39 is 0 Å². The maximum Gasteiger partial charge on any atom is 0.324 e. The predicted molar refractivity (Wildman–Crippen MR) is 89.9 cm³/mol. The maximum absolute atomic E-state index is 12.1. The van der Waals surface area contributed by atoms with Crippen LogP contribution in [0.25, 0.3) is 0 Å². The second kappa shape index (κ2) is 6.27. The second-order valence-electron chi connectivity index (χ2n) is 6.58. The van der Waals surface area contributed by atoms with Crippen molar-refractivity contribution < 1.29 is 4.79 Å². The van der Waals surface area contributed by atoms with Gasteiger partial charge in [0.15, 0.2) is 0 Å². The average Bonchev–Trinajstić information content (AvgIpc) is 3.34. The fourth-order valence-corrected chi connectivity index (χ4v) is 3.46. The number of likely N-dealkylation sites (N-methyl/N-ethyl adjacent to an activating group) is 1. The van der Waals surface area contributed by atoms with Crippen molar-refractivity contribution in [1.29, 1.82) is 0 Å². The number of likely N-dealkylation sites (tertiary alicyclic amines) is 1. The fraction of sp³-hybridized carbons (Fsp3) is 0.562. The summed E-state index contributed by atoms with van der Waals surface area (Å²) in [5.41, 5.74) is 0.904. The molecule has 2 saturated heterocycles. The summed E-state index contributed by atoms with van der Waals surface area (Å²) in [4.78, 5) is 22.2. The van der Waals surface area contributed by atoms with Gasteiger partial charge in [0.2, 0.25) is 0 Å². The van der Waals surface area contributed by atoms with Gasteiger partial charge in [-0.25, -0.2) is 9.78 Å². The first-order chi connectivity index (χ1) is 11.7. The Bertz CT molecular complexity index is 695. The molecule has 0 saturated carbocycles. The van der Waals surface area contributed by atoms with Gasteiger partial charge in [-0.05, 0) is 6.42 Å². The summed E-state index contributed by atoms with van der Waals surface area (Å²) in [5.74, 6) is 0. The van der Waals surface area contributed by atoms with Crippen LogP contribution in [0, 0.1) is 0 Å². The number of aromatic nitrogens is 4. The van der Waals surface area contributed by atoms with Crippen LogP contribution in [0.1, 0.15) is 12.5 Å². The lowest BCUT2D eigenvalue weighted by atomic mass is 10.3. The molecule has 0 aliphatic carbocycles. The zero-order valence-electron chi connectivity index (χ0n) is 14.0. The quantitative estimate of drug-likeness (QED) is 0.818. The summed E-state index contributed by atoms with van der Waals surface area (Å²) < 4.78 is 4.13. The summed E-state index contributed by atoms with van der Waals surface area (Å²) in [5, 5.41) is 4.51. The molecule has 0 aromatic carbocycles. The van der Waals surface area contributed by atoms with E-state index in [9.17, 15) is 4.79 Å². The molecule has 0 N–H and O–H groups in total. The molecule has 4 rings (SSSR count). The lowest BCUT2D eigenvalue weighted by molar-refractivity contribution is 0.229. The van der Waals surface area contributed by atoms with E-state index in [4.69, 9.17) is 0 Å². The molecule has 8 nitrogen and oxygen atoms in total. The zero-order valence-corrected chi connectivity index (χ0v) is 14.0. The van der Waals surface area contributed by atoms with Crippen molar-refractivity contribution in [3.8, 4) is 0 Å². The van der Waals surface area contributed by atoms with Crippen molar-refractivity contribution in [2.75, 3.05) is 44.7 Å². The Hall–Kier alpha value is -2.35. The highest BCUT2D eigenvalue weighted by Gasteiger charge is 2.29. The molecule has 2 amide bonds. The average molecular weight is 329 g/mol. The van der Waals surface area contributed by atoms with Crippen molar-refractivity contribution in [3.05, 3.63) is 31.1 Å². The number of nitrogens with zero attached hydrogens (tertiary/aromatic N) is 7. The molecule has 0 bridgehead atoms. The van der Waals surface area contributed by atoms with E-state index in [0.717, 1.165) is 51.4 Å². The summed E-state index contributed by atoms with van der Waals surface area (Å²) >= 11 is 0. The number of carbonyl (C=O) groups excluding carboxylic acids is 1. The van der Waals surface area contributed by atoms with Crippen molar-refractivity contribution >= 4 is 11.7 Å². The number of rotatable bonds is 5. The lowest BCUT2D eigenvalue weighted by Gasteiger charge is -2.16. The first-order valence-corrected chi connectivity index (χ1v) is 8.45. The molecule has 128 valence electrons. The fourth-order valence-electron chi connectivity index (χ4n) is 3.46. The Balaban J connectivity index is 1.35. The molecule has 1 unspecified atom stereocenters. The van der Waals surface area contributed by atoms with Gasteiger partial charge < -0.3 is 9.47 Å². The Morgan fingerprint density at radius 2 is 2.17 bits per heavy atom. The third-order valence-electron chi connectivity index (χ3n) is 4.97. The first-order valence-electron chi connectivity index (χ1n) is 8.45. The lowest BCUT2D eigenvalue weighted by Crippen LogP contribution is -2.28. The molecule has 8 heteroatoms. The van der Waals surface area contributed by atoms with Gasteiger partial charge in [0.05, 0.1) is 24.3 Å². The summed E-state index contributed by atoms with van der Waals surface area (Å²) in [6.45, 7) is 5.59. The third-order valence-corrected chi connectivity index (χ3v) is 4.97. The summed E-state index contributed by atoms with van der Waals surface area (Å²) in [6, 6.07) is 0.444. The van der Waals surface area contributed by atoms with Crippen LogP contribution in [-0.4, -0.2) is 74.9 Å². The molecule has 2 aromatic heterocycles. The van der Waals surface area contributed by atoms with Gasteiger partial charge in [0, 0.05) is 64.9 Å². The second-order valence-corrected chi connectivity index (χ2v) is 6.58. The smallest absolute Gasteiger partial charge is 0.324 e. The zero-order chi connectivity index (χ0) is 16.5. The van der Waals surface area contributed by atoms with Gasteiger partial charge in [-0.3, -0.25) is 14.5 Å². The van der Waals surface area contributed by atoms with Crippen LogP contribution in [0.15, 0.2) is 31.1 Å². The number of hydrogen-bond donors (Lipinski definition) is 0. The van der Waals surface area contributed by atoms with Crippen molar-refractivity contribution in [1.82, 2.24) is 29.1 Å². The molecule has 1 atom stereocenters. The van der Waals surface area contributed by atoms with Gasteiger partial charge in [0.1, 0.15) is 0 Å². The summed E-state index contributed by atoms with van der Waals surface area (Å²) in [6.07, 6.45) is 10.6. The Kier molecular flexibility index (Phi) is 3.97. The number of urea groups is 1. The minimum atomic E-state index is 0.0583. The molecule has 2 fully saturated rings. The highest BCUT2D eigenvalue weighted by Crippen LogP contribution is 2.25. The number of anilines is 1. The molecule has 24 heavy (non-hydrogen) atoms. The van der Waals surface area contributed by atoms with Crippen LogP contribution in [0.2, 0.25) is 0 Å². The minimum absolute atomic E-state index is 0.0583. The van der Waals surface area contributed by atoms with Gasteiger partial charge in [-0.1, -0.05) is 0 Å². The molecule has 2 aromatic rings. The monoisotopic (exact) mass is 329 g/mol. The Morgan fingerprint density at radius 1 is 1.25 bits per heavy atom. The van der Waals surface area contributed by atoms with Crippen LogP contribution < -0.4 is 4.90 Å². The SMILES string of the molecule is CN1CCN(c2cnn(C3CCN(CCn4ccnc4)C3)c2)C1=O. The first kappa shape index (κ1) is 15.2. The Labute approximate surface area is 141 Å². The number of imidazole rings is 1. The summed E-state index contributed by atoms with van der Waals surface area (Å²) in [7, 11) is 1.84. The highest BCUT2D eigenvalue weighted by molar-refractivity contribution is 5.93. The topological polar surface area (TPSA) is 62.4 Å². The van der Waals surface area contributed by atoms with E-state index in [1.807, 2.05) is 42.8 Å². The van der Waals surface area contributed by atoms with E-state index in [-0.39, 0.29) is 6.03 Å². The molecule has 0 radical (unpaired) electrons. The molecular weight excluding hydrogens is 306 g/mol. The van der Waals surface area contributed by atoms with Crippen LogP contribution >= 0.6 is 0 Å². The molecule has 4 heterocycles. The van der Waals surface area contributed by atoms with Gasteiger partial charge in [-0.15, -0.1) is 0 Å². The van der Waals surface area contributed by atoms with E-state index in [1.54, 1.807) is 9.80 Å². The van der Waals surface area contributed by atoms with E-state index in [1.165, 1.54) is 0 Å². The van der Waals surface area contributed by atoms with Crippen LogP contribution in [0.4, 0.5) is 10.5 Å². The van der Waals surface area contributed by atoms with Gasteiger partial charge in [0.25, 0.3) is 0 Å². The standard InChI is InChI=1S/C16H23N7O/c1-19-6-9-22(16(19)24)15-10-18-23(12-15)14-2-4-20(11-14)7-8-21-5-3-17-13-21/h3,5,10,12-14H,2,4,6-9,11H2,1H3. The van der Waals surface area contributed by atoms with Crippen LogP contribution in [0.5, 0.6) is 0 Å². The van der Waals surface area contributed by atoms with Crippen LogP contribution in [-0.2, 0) is 6.54 Å². The Morgan fingerprint density at radius 3 is 2.92 bits per heavy atom. The van der Waals surface area contributed by atoms with Crippen molar-refractivity contribution in [3.63, 3.8) is 0 Å². The minimum Gasteiger partial charge on any atom is -0.336 e. The molecule has 2 aliphatic heterocycles. The van der Waals surface area contributed by atoms with Crippen molar-refractivity contribution in [2.24, 2.45) is 0 Å². The molecule has 0 spiro atoms. The van der Waals surface area contributed by atoms with E-state index in [0.29, 0.717) is 6.04 Å². The number of amides is 2. The maximum atomic E-state index is 12.1.